The SMILES string of the molecule is CCc1cnc(S(=O)(=O)NC(C)(C)CC)c2ccccc12. The van der Waals surface area contributed by atoms with E-state index in [0.29, 0.717) is 11.8 Å². The topological polar surface area (TPSA) is 59.1 Å². The number of aryl methyl sites for hydroxylation is 1. The Hall–Kier alpha value is -1.46. The predicted octanol–water partition coefficient (Wildman–Crippen LogP) is 3.26. The zero-order valence-corrected chi connectivity index (χ0v) is 13.8. The van der Waals surface area contributed by atoms with Crippen molar-refractivity contribution in [1.82, 2.24) is 9.71 Å². The molecular formula is C16H22N2O2S. The van der Waals surface area contributed by atoms with Crippen LogP contribution < -0.4 is 4.72 Å². The van der Waals surface area contributed by atoms with Crippen molar-refractivity contribution in [3.8, 4) is 0 Å². The first-order valence-electron chi connectivity index (χ1n) is 7.21. The Morgan fingerprint density at radius 3 is 2.33 bits per heavy atom. The molecule has 5 heteroatoms. The summed E-state index contributed by atoms with van der Waals surface area (Å²) in [6, 6.07) is 7.52. The standard InChI is InChI=1S/C16H22N2O2S/c1-5-12-11-17-15(14-10-8-7-9-13(12)14)21(19,20)18-16(3,4)6-2/h7-11,18H,5-6H2,1-4H3. The molecule has 1 aromatic carbocycles. The van der Waals surface area contributed by atoms with Crippen LogP contribution in [0.25, 0.3) is 10.8 Å². The van der Waals surface area contributed by atoms with Crippen molar-refractivity contribution >= 4 is 20.8 Å². The molecule has 1 N–H and O–H groups in total. The molecule has 1 heterocycles. The van der Waals surface area contributed by atoms with Crippen LogP contribution in [0.4, 0.5) is 0 Å². The van der Waals surface area contributed by atoms with Gasteiger partial charge in [0.25, 0.3) is 10.0 Å². The maximum Gasteiger partial charge on any atom is 0.259 e. The number of hydrogen-bond donors (Lipinski definition) is 1. The molecule has 0 radical (unpaired) electrons. The van der Waals surface area contributed by atoms with Crippen molar-refractivity contribution in [2.24, 2.45) is 0 Å². The van der Waals surface area contributed by atoms with Gasteiger partial charge in [-0.05, 0) is 37.6 Å². The molecule has 114 valence electrons. The highest BCUT2D eigenvalue weighted by atomic mass is 32.2. The van der Waals surface area contributed by atoms with Gasteiger partial charge in [0.2, 0.25) is 0 Å². The van der Waals surface area contributed by atoms with Crippen LogP contribution in [0.3, 0.4) is 0 Å². The van der Waals surface area contributed by atoms with Crippen LogP contribution in [0.1, 0.15) is 39.7 Å². The second kappa shape index (κ2) is 5.73. The Kier molecular flexibility index (Phi) is 4.35. The molecule has 0 aliphatic heterocycles. The van der Waals surface area contributed by atoms with Crippen LogP contribution in [0.15, 0.2) is 35.5 Å². The lowest BCUT2D eigenvalue weighted by atomic mass is 10.0. The van der Waals surface area contributed by atoms with E-state index < -0.39 is 15.6 Å². The molecule has 0 fully saturated rings. The van der Waals surface area contributed by atoms with Crippen molar-refractivity contribution in [1.29, 1.82) is 0 Å². The zero-order valence-electron chi connectivity index (χ0n) is 13.0. The van der Waals surface area contributed by atoms with E-state index >= 15 is 0 Å². The highest BCUT2D eigenvalue weighted by Crippen LogP contribution is 2.25. The van der Waals surface area contributed by atoms with Crippen LogP contribution in [-0.4, -0.2) is 18.9 Å². The summed E-state index contributed by atoms with van der Waals surface area (Å²) in [5.41, 5.74) is 0.560. The fourth-order valence-electron chi connectivity index (χ4n) is 2.21. The van der Waals surface area contributed by atoms with Gasteiger partial charge in [0, 0.05) is 17.1 Å². The van der Waals surface area contributed by atoms with Crippen molar-refractivity contribution in [2.75, 3.05) is 0 Å². The molecule has 4 nitrogen and oxygen atoms in total. The summed E-state index contributed by atoms with van der Waals surface area (Å²) < 4.78 is 28.0. The summed E-state index contributed by atoms with van der Waals surface area (Å²) in [5.74, 6) is 0. The summed E-state index contributed by atoms with van der Waals surface area (Å²) in [6.45, 7) is 7.73. The number of rotatable bonds is 5. The molecule has 0 amide bonds. The van der Waals surface area contributed by atoms with Crippen LogP contribution in [0.5, 0.6) is 0 Å². The quantitative estimate of drug-likeness (QED) is 0.922. The molecule has 0 spiro atoms. The van der Waals surface area contributed by atoms with Gasteiger partial charge >= 0.3 is 0 Å². The average molecular weight is 306 g/mol. The van der Waals surface area contributed by atoms with E-state index in [2.05, 4.69) is 9.71 Å². The van der Waals surface area contributed by atoms with Gasteiger partial charge in [-0.3, -0.25) is 0 Å². The highest BCUT2D eigenvalue weighted by Gasteiger charge is 2.27. The second-order valence-electron chi connectivity index (χ2n) is 5.83. The van der Waals surface area contributed by atoms with Crippen LogP contribution in [0.2, 0.25) is 0 Å². The summed E-state index contributed by atoms with van der Waals surface area (Å²) in [6.07, 6.45) is 3.19. The van der Waals surface area contributed by atoms with E-state index in [1.807, 2.05) is 52.0 Å². The molecule has 0 saturated heterocycles. The van der Waals surface area contributed by atoms with Gasteiger partial charge in [0.15, 0.2) is 5.03 Å². The molecule has 0 bridgehead atoms. The second-order valence-corrected chi connectivity index (χ2v) is 7.43. The number of nitrogens with one attached hydrogen (secondary N) is 1. The van der Waals surface area contributed by atoms with Crippen molar-refractivity contribution < 1.29 is 8.42 Å². The van der Waals surface area contributed by atoms with Crippen molar-refractivity contribution in [3.05, 3.63) is 36.0 Å². The number of benzene rings is 1. The van der Waals surface area contributed by atoms with Gasteiger partial charge in [-0.1, -0.05) is 38.1 Å². The molecule has 0 aliphatic carbocycles. The lowest BCUT2D eigenvalue weighted by Gasteiger charge is -2.24. The average Bonchev–Trinajstić information content (AvgIpc) is 2.45. The first-order valence-corrected chi connectivity index (χ1v) is 8.69. The van der Waals surface area contributed by atoms with E-state index in [1.54, 1.807) is 6.20 Å². The summed E-state index contributed by atoms with van der Waals surface area (Å²) >= 11 is 0. The molecule has 0 saturated carbocycles. The van der Waals surface area contributed by atoms with Crippen molar-refractivity contribution in [2.45, 2.75) is 51.1 Å². The Balaban J connectivity index is 2.62. The molecule has 1 aromatic heterocycles. The Bertz CT molecular complexity index is 752. The third-order valence-electron chi connectivity index (χ3n) is 3.77. The monoisotopic (exact) mass is 306 g/mol. The summed E-state index contributed by atoms with van der Waals surface area (Å²) in [7, 11) is -3.64. The minimum atomic E-state index is -3.64. The maximum atomic E-state index is 12.6. The van der Waals surface area contributed by atoms with E-state index in [9.17, 15) is 8.42 Å². The smallest absolute Gasteiger partial charge is 0.243 e. The number of nitrogens with zero attached hydrogens (tertiary/aromatic N) is 1. The lowest BCUT2D eigenvalue weighted by Crippen LogP contribution is -2.43. The van der Waals surface area contributed by atoms with Crippen LogP contribution in [-0.2, 0) is 16.4 Å². The van der Waals surface area contributed by atoms with Gasteiger partial charge in [-0.2, -0.15) is 0 Å². The largest absolute Gasteiger partial charge is 0.259 e. The van der Waals surface area contributed by atoms with E-state index in [-0.39, 0.29) is 5.03 Å². The molecule has 0 atom stereocenters. The fourth-order valence-corrected chi connectivity index (χ4v) is 3.83. The van der Waals surface area contributed by atoms with Crippen LogP contribution in [0, 0.1) is 0 Å². The molecule has 0 unspecified atom stereocenters. The van der Waals surface area contributed by atoms with Gasteiger partial charge in [-0.15, -0.1) is 0 Å². The number of hydrogen-bond acceptors (Lipinski definition) is 3. The van der Waals surface area contributed by atoms with Crippen molar-refractivity contribution in [3.63, 3.8) is 0 Å². The third-order valence-corrected chi connectivity index (χ3v) is 5.43. The van der Waals surface area contributed by atoms with Gasteiger partial charge in [0.05, 0.1) is 0 Å². The molecular weight excluding hydrogens is 284 g/mol. The van der Waals surface area contributed by atoms with Gasteiger partial charge in [-0.25, -0.2) is 18.1 Å². The highest BCUT2D eigenvalue weighted by molar-refractivity contribution is 7.89. The zero-order chi connectivity index (χ0) is 15.7. The number of pyridine rings is 1. The first-order chi connectivity index (χ1) is 9.80. The number of fused-ring (bicyclic) bond motifs is 1. The summed E-state index contributed by atoms with van der Waals surface area (Å²) in [4.78, 5) is 4.22. The van der Waals surface area contributed by atoms with E-state index in [4.69, 9.17) is 0 Å². The van der Waals surface area contributed by atoms with E-state index in [0.717, 1.165) is 17.4 Å². The maximum absolute atomic E-state index is 12.6. The third kappa shape index (κ3) is 3.24. The van der Waals surface area contributed by atoms with Crippen LogP contribution >= 0.6 is 0 Å². The minimum absolute atomic E-state index is 0.108. The molecule has 21 heavy (non-hydrogen) atoms. The summed E-state index contributed by atoms with van der Waals surface area (Å²) in [5, 5.41) is 1.73. The van der Waals surface area contributed by atoms with E-state index in [1.165, 1.54) is 0 Å². The molecule has 2 aromatic rings. The first kappa shape index (κ1) is 15.9. The fraction of sp³-hybridized carbons (Fsp3) is 0.438. The molecule has 0 aliphatic rings. The number of aromatic nitrogens is 1. The Morgan fingerprint density at radius 2 is 1.76 bits per heavy atom. The Morgan fingerprint density at radius 1 is 1.14 bits per heavy atom. The predicted molar refractivity (Wildman–Crippen MR) is 85.8 cm³/mol. The Labute approximate surface area is 126 Å². The minimum Gasteiger partial charge on any atom is -0.243 e. The lowest BCUT2D eigenvalue weighted by molar-refractivity contribution is 0.439. The van der Waals surface area contributed by atoms with Gasteiger partial charge in [0.1, 0.15) is 0 Å². The molecule has 2 rings (SSSR count). The van der Waals surface area contributed by atoms with Gasteiger partial charge < -0.3 is 0 Å². The number of sulfonamides is 1. The normalized spacial score (nSPS) is 12.8.